The Morgan fingerprint density at radius 1 is 0.923 bits per heavy atom. The van der Waals surface area contributed by atoms with E-state index in [1.54, 1.807) is 6.07 Å². The fourth-order valence-electron chi connectivity index (χ4n) is 3.15. The summed E-state index contributed by atoms with van der Waals surface area (Å²) in [6.07, 6.45) is -0.0415. The Kier molecular flexibility index (Phi) is 4.10. The molecule has 0 atom stereocenters. The van der Waals surface area contributed by atoms with Crippen LogP contribution in [-0.4, -0.2) is 39.2 Å². The number of aromatic hydroxyl groups is 1. The number of amides is 1. The van der Waals surface area contributed by atoms with E-state index in [0.29, 0.717) is 27.5 Å². The number of aliphatic hydroxyl groups excluding tert-OH is 1. The molecule has 6 nitrogen and oxygen atoms in total. The number of hydrogen-bond acceptors (Lipinski definition) is 5. The highest BCUT2D eigenvalue weighted by Gasteiger charge is 2.19. The summed E-state index contributed by atoms with van der Waals surface area (Å²) >= 11 is 0. The fraction of sp³-hybridized carbons (Fsp3) is 0.150. The highest BCUT2D eigenvalue weighted by atomic mass is 16.3. The van der Waals surface area contributed by atoms with Crippen molar-refractivity contribution >= 4 is 38.7 Å². The lowest BCUT2D eigenvalue weighted by molar-refractivity contribution is -0.120. The second-order valence-electron chi connectivity index (χ2n) is 6.03. The lowest BCUT2D eigenvalue weighted by Crippen LogP contribution is -2.28. The number of hydrogen-bond donors (Lipinski definition) is 3. The van der Waals surface area contributed by atoms with E-state index in [0.717, 1.165) is 10.9 Å². The van der Waals surface area contributed by atoms with Crippen molar-refractivity contribution in [2.24, 2.45) is 0 Å². The summed E-state index contributed by atoms with van der Waals surface area (Å²) in [6.45, 7) is 0.0281. The van der Waals surface area contributed by atoms with E-state index in [1.165, 1.54) is 0 Å². The quantitative estimate of drug-likeness (QED) is 0.389. The zero-order valence-corrected chi connectivity index (χ0v) is 13.9. The Labute approximate surface area is 149 Å². The van der Waals surface area contributed by atoms with E-state index < -0.39 is 0 Å². The van der Waals surface area contributed by atoms with Crippen LogP contribution in [0.3, 0.4) is 0 Å². The summed E-state index contributed by atoms with van der Waals surface area (Å²) in [5.41, 5.74) is 3.06. The maximum Gasteiger partial charge on any atom is 0.224 e. The largest absolute Gasteiger partial charge is 0.507 e. The average molecular weight is 347 g/mol. The van der Waals surface area contributed by atoms with Gasteiger partial charge in [0.25, 0.3) is 0 Å². The van der Waals surface area contributed by atoms with Gasteiger partial charge in [0.15, 0.2) is 0 Å². The number of carbonyl (C=O) groups is 1. The van der Waals surface area contributed by atoms with Crippen LogP contribution in [0.2, 0.25) is 0 Å². The molecule has 0 fully saturated rings. The maximum atomic E-state index is 12.2. The fourth-order valence-corrected chi connectivity index (χ4v) is 3.15. The molecule has 0 saturated heterocycles. The van der Waals surface area contributed by atoms with Crippen LogP contribution in [0.4, 0.5) is 0 Å². The number of phenolic OH excluding ortho intramolecular Hbond substituents is 1. The smallest absolute Gasteiger partial charge is 0.224 e. The van der Waals surface area contributed by atoms with Gasteiger partial charge in [-0.15, -0.1) is 0 Å². The van der Waals surface area contributed by atoms with E-state index in [4.69, 9.17) is 10.1 Å². The number of carbonyl (C=O) groups excluding carboxylic acids is 1. The van der Waals surface area contributed by atoms with Crippen LogP contribution < -0.4 is 5.32 Å². The number of fused-ring (bicyclic) bond motifs is 4. The molecule has 0 bridgehead atoms. The molecule has 6 heteroatoms. The molecule has 0 aliphatic heterocycles. The monoisotopic (exact) mass is 347 g/mol. The third kappa shape index (κ3) is 2.70. The molecule has 26 heavy (non-hydrogen) atoms. The standard InChI is InChI=1S/C20H17N3O3/c24-10-9-21-17(25)11-14-19-18(12-5-1-2-6-13(12)20(14)26)22-15-7-3-4-8-16(15)23-19/h1-8,24,26H,9-11H2,(H,21,25). The van der Waals surface area contributed by atoms with Crippen LogP contribution >= 0.6 is 0 Å². The highest BCUT2D eigenvalue weighted by molar-refractivity contribution is 6.11. The zero-order valence-electron chi connectivity index (χ0n) is 13.9. The number of aromatic nitrogens is 2. The summed E-state index contributed by atoms with van der Waals surface area (Å²) in [5.74, 6) is -0.252. The van der Waals surface area contributed by atoms with Gasteiger partial charge in [-0.05, 0) is 12.1 Å². The summed E-state index contributed by atoms with van der Waals surface area (Å²) < 4.78 is 0. The van der Waals surface area contributed by atoms with Gasteiger partial charge in [-0.3, -0.25) is 4.79 Å². The van der Waals surface area contributed by atoms with Crippen LogP contribution in [0.1, 0.15) is 5.56 Å². The topological polar surface area (TPSA) is 95.3 Å². The molecule has 0 aliphatic carbocycles. The lowest BCUT2D eigenvalue weighted by Gasteiger charge is -2.13. The number of aliphatic hydroxyl groups is 1. The highest BCUT2D eigenvalue weighted by Crippen LogP contribution is 2.36. The van der Waals surface area contributed by atoms with Crippen molar-refractivity contribution < 1.29 is 15.0 Å². The molecule has 3 aromatic carbocycles. The first-order valence-electron chi connectivity index (χ1n) is 8.35. The van der Waals surface area contributed by atoms with E-state index >= 15 is 0 Å². The first-order chi connectivity index (χ1) is 12.7. The third-order valence-corrected chi connectivity index (χ3v) is 4.35. The number of rotatable bonds is 4. The van der Waals surface area contributed by atoms with Gasteiger partial charge in [0, 0.05) is 22.9 Å². The number of phenols is 1. The molecule has 4 aromatic rings. The SMILES string of the molecule is O=C(Cc1c(O)c2ccccc2c2nc3ccccc3nc12)NCCO. The van der Waals surface area contributed by atoms with Gasteiger partial charge in [0.1, 0.15) is 5.75 Å². The van der Waals surface area contributed by atoms with Crippen LogP contribution in [-0.2, 0) is 11.2 Å². The predicted molar refractivity (Wildman–Crippen MR) is 100 cm³/mol. The van der Waals surface area contributed by atoms with Gasteiger partial charge in [0.2, 0.25) is 5.91 Å². The van der Waals surface area contributed by atoms with Gasteiger partial charge in [0.05, 0.1) is 35.1 Å². The molecule has 0 saturated carbocycles. The Balaban J connectivity index is 2.02. The molecule has 130 valence electrons. The van der Waals surface area contributed by atoms with Crippen molar-refractivity contribution in [3.63, 3.8) is 0 Å². The molecule has 4 rings (SSSR count). The second kappa shape index (κ2) is 6.57. The minimum Gasteiger partial charge on any atom is -0.507 e. The molecular formula is C20H17N3O3. The van der Waals surface area contributed by atoms with Crippen molar-refractivity contribution in [1.29, 1.82) is 0 Å². The van der Waals surface area contributed by atoms with Gasteiger partial charge in [-0.2, -0.15) is 0 Å². The molecule has 0 radical (unpaired) electrons. The number of para-hydroxylation sites is 2. The van der Waals surface area contributed by atoms with Crippen molar-refractivity contribution in [1.82, 2.24) is 15.3 Å². The minimum atomic E-state index is -0.291. The Bertz CT molecular complexity index is 1140. The summed E-state index contributed by atoms with van der Waals surface area (Å²) in [5, 5.41) is 23.7. The van der Waals surface area contributed by atoms with E-state index in [2.05, 4.69) is 10.3 Å². The van der Waals surface area contributed by atoms with Crippen molar-refractivity contribution in [2.45, 2.75) is 6.42 Å². The van der Waals surface area contributed by atoms with E-state index in [1.807, 2.05) is 42.5 Å². The first kappa shape index (κ1) is 16.2. The van der Waals surface area contributed by atoms with Crippen molar-refractivity contribution in [3.8, 4) is 5.75 Å². The van der Waals surface area contributed by atoms with Gasteiger partial charge >= 0.3 is 0 Å². The maximum absolute atomic E-state index is 12.2. The normalized spacial score (nSPS) is 11.3. The molecule has 0 spiro atoms. The average Bonchev–Trinajstić information content (AvgIpc) is 2.68. The molecule has 3 N–H and O–H groups in total. The van der Waals surface area contributed by atoms with Crippen molar-refractivity contribution in [2.75, 3.05) is 13.2 Å². The molecule has 0 unspecified atom stereocenters. The van der Waals surface area contributed by atoms with E-state index in [-0.39, 0.29) is 31.2 Å². The molecular weight excluding hydrogens is 330 g/mol. The Hall–Kier alpha value is -3.25. The Morgan fingerprint density at radius 2 is 1.54 bits per heavy atom. The number of nitrogens with zero attached hydrogens (tertiary/aromatic N) is 2. The summed E-state index contributed by atoms with van der Waals surface area (Å²) in [7, 11) is 0. The second-order valence-corrected chi connectivity index (χ2v) is 6.03. The molecule has 1 amide bonds. The molecule has 1 aromatic heterocycles. The van der Waals surface area contributed by atoms with Gasteiger partial charge in [-0.1, -0.05) is 36.4 Å². The Morgan fingerprint density at radius 3 is 2.23 bits per heavy atom. The first-order valence-corrected chi connectivity index (χ1v) is 8.35. The van der Waals surface area contributed by atoms with Gasteiger partial charge in [-0.25, -0.2) is 9.97 Å². The summed E-state index contributed by atoms with van der Waals surface area (Å²) in [6, 6.07) is 14.9. The zero-order chi connectivity index (χ0) is 18.1. The lowest BCUT2D eigenvalue weighted by atomic mass is 9.99. The van der Waals surface area contributed by atoms with E-state index in [9.17, 15) is 9.90 Å². The van der Waals surface area contributed by atoms with Crippen LogP contribution in [0.25, 0.3) is 32.8 Å². The number of nitrogens with one attached hydrogen (secondary N) is 1. The minimum absolute atomic E-state index is 0.0387. The van der Waals surface area contributed by atoms with Crippen molar-refractivity contribution in [3.05, 3.63) is 54.1 Å². The van der Waals surface area contributed by atoms with Crippen LogP contribution in [0.5, 0.6) is 5.75 Å². The molecule has 1 heterocycles. The predicted octanol–water partition coefficient (Wildman–Crippen LogP) is 2.29. The number of benzene rings is 3. The van der Waals surface area contributed by atoms with Crippen LogP contribution in [0.15, 0.2) is 48.5 Å². The summed E-state index contributed by atoms with van der Waals surface area (Å²) in [4.78, 5) is 21.6. The molecule has 0 aliphatic rings. The van der Waals surface area contributed by atoms with Crippen LogP contribution in [0, 0.1) is 0 Å². The van der Waals surface area contributed by atoms with Gasteiger partial charge < -0.3 is 15.5 Å². The third-order valence-electron chi connectivity index (χ3n) is 4.35.